The van der Waals surface area contributed by atoms with Gasteiger partial charge in [-0.15, -0.1) is 0 Å². The fourth-order valence-electron chi connectivity index (χ4n) is 5.33. The molecule has 3 aromatic heterocycles. The second-order valence-corrected chi connectivity index (χ2v) is 10.3. The summed E-state index contributed by atoms with van der Waals surface area (Å²) in [6.45, 7) is 4.57. The van der Waals surface area contributed by atoms with Gasteiger partial charge in [-0.1, -0.05) is 49.6 Å². The van der Waals surface area contributed by atoms with Crippen LogP contribution in [0.1, 0.15) is 56.1 Å². The number of anilines is 2. The van der Waals surface area contributed by atoms with Gasteiger partial charge in [0.1, 0.15) is 0 Å². The number of benzene rings is 1. The Kier molecular flexibility index (Phi) is 6.67. The number of para-hydroxylation sites is 1. The van der Waals surface area contributed by atoms with Crippen LogP contribution in [0.3, 0.4) is 0 Å². The molecule has 8 heteroatoms. The van der Waals surface area contributed by atoms with Crippen LogP contribution in [-0.2, 0) is 0 Å². The zero-order valence-electron chi connectivity index (χ0n) is 20.7. The summed E-state index contributed by atoms with van der Waals surface area (Å²) in [4.78, 5) is 27.9. The molecule has 0 spiro atoms. The first kappa shape index (κ1) is 24.3. The lowest BCUT2D eigenvalue weighted by Crippen LogP contribution is -2.25. The summed E-state index contributed by atoms with van der Waals surface area (Å²) in [6, 6.07) is 13.5. The molecule has 1 atom stereocenters. The van der Waals surface area contributed by atoms with Crippen LogP contribution in [0.4, 0.5) is 11.6 Å². The molecule has 1 aromatic carbocycles. The molecule has 0 amide bonds. The van der Waals surface area contributed by atoms with Crippen molar-refractivity contribution < 1.29 is 9.90 Å². The van der Waals surface area contributed by atoms with Crippen LogP contribution >= 0.6 is 11.6 Å². The fourth-order valence-corrected chi connectivity index (χ4v) is 5.50. The summed E-state index contributed by atoms with van der Waals surface area (Å²) in [7, 11) is 1.99. The van der Waals surface area contributed by atoms with E-state index in [0.717, 1.165) is 35.9 Å². The molecule has 0 aliphatic heterocycles. The van der Waals surface area contributed by atoms with Crippen LogP contribution in [-0.4, -0.2) is 37.6 Å². The first-order valence-electron chi connectivity index (χ1n) is 12.4. The molecule has 36 heavy (non-hydrogen) atoms. The number of nitrogens with zero attached hydrogens (tertiary/aromatic N) is 5. The Hall–Kier alpha value is -3.45. The van der Waals surface area contributed by atoms with Gasteiger partial charge in [0.25, 0.3) is 0 Å². The molecule has 1 saturated carbocycles. The predicted molar refractivity (Wildman–Crippen MR) is 143 cm³/mol. The molecule has 4 aromatic rings. The van der Waals surface area contributed by atoms with E-state index in [4.69, 9.17) is 16.6 Å². The largest absolute Gasteiger partial charge is 0.477 e. The van der Waals surface area contributed by atoms with E-state index in [0.29, 0.717) is 27.7 Å². The predicted octanol–water partition coefficient (Wildman–Crippen LogP) is 7.00. The number of hydrogen-bond acceptors (Lipinski definition) is 5. The lowest BCUT2D eigenvalue weighted by molar-refractivity contribution is 0.0691. The first-order valence-corrected chi connectivity index (χ1v) is 12.8. The minimum atomic E-state index is -1.10. The maximum atomic E-state index is 12.0. The van der Waals surface area contributed by atoms with E-state index in [-0.39, 0.29) is 11.7 Å². The number of hydrogen-bond donors (Lipinski definition) is 1. The molecule has 1 fully saturated rings. The normalized spacial score (nSPS) is 18.8. The molecule has 0 bridgehead atoms. The van der Waals surface area contributed by atoms with Crippen molar-refractivity contribution in [1.29, 1.82) is 0 Å². The highest BCUT2D eigenvalue weighted by molar-refractivity contribution is 6.30. The van der Waals surface area contributed by atoms with E-state index in [9.17, 15) is 9.90 Å². The fraction of sp³-hybridized carbons (Fsp3) is 0.357. The van der Waals surface area contributed by atoms with E-state index < -0.39 is 5.97 Å². The number of aromatic carboxylic acids is 1. The minimum absolute atomic E-state index is 0.0600. The maximum Gasteiger partial charge on any atom is 0.354 e. The van der Waals surface area contributed by atoms with Crippen molar-refractivity contribution in [3.05, 3.63) is 65.6 Å². The van der Waals surface area contributed by atoms with Gasteiger partial charge in [0.05, 0.1) is 21.7 Å². The van der Waals surface area contributed by atoms with Crippen molar-refractivity contribution >= 4 is 40.2 Å². The number of imidazole rings is 1. The molecule has 0 radical (unpaired) electrons. The van der Waals surface area contributed by atoms with Gasteiger partial charge >= 0.3 is 5.97 Å². The Bertz CT molecular complexity index is 1400. The molecular weight excluding hydrogens is 474 g/mol. The monoisotopic (exact) mass is 503 g/mol. The highest BCUT2D eigenvalue weighted by Crippen LogP contribution is 2.42. The Morgan fingerprint density at radius 1 is 1.11 bits per heavy atom. The third-order valence-electron chi connectivity index (χ3n) is 7.44. The highest BCUT2D eigenvalue weighted by atomic mass is 35.5. The summed E-state index contributed by atoms with van der Waals surface area (Å²) in [6.07, 6.45) is 7.93. The second-order valence-electron chi connectivity index (χ2n) is 9.86. The minimum Gasteiger partial charge on any atom is -0.477 e. The van der Waals surface area contributed by atoms with Crippen LogP contribution in [0.5, 0.6) is 0 Å². The molecule has 5 rings (SSSR count). The number of fused-ring (bicyclic) bond motifs is 1. The number of carboxylic acid groups (broad SMARTS) is 1. The highest BCUT2D eigenvalue weighted by Gasteiger charge is 2.30. The molecule has 186 valence electrons. The van der Waals surface area contributed by atoms with Gasteiger partial charge in [0.2, 0.25) is 5.95 Å². The van der Waals surface area contributed by atoms with Crippen molar-refractivity contribution in [3.8, 4) is 11.3 Å². The van der Waals surface area contributed by atoms with Crippen molar-refractivity contribution in [3.63, 3.8) is 0 Å². The summed E-state index contributed by atoms with van der Waals surface area (Å²) in [5.74, 6) is 0.871. The van der Waals surface area contributed by atoms with Crippen molar-refractivity contribution in [2.75, 3.05) is 11.9 Å². The summed E-state index contributed by atoms with van der Waals surface area (Å²) >= 11 is 6.28. The van der Waals surface area contributed by atoms with Gasteiger partial charge in [0.15, 0.2) is 5.69 Å². The van der Waals surface area contributed by atoms with Crippen molar-refractivity contribution in [2.45, 2.75) is 45.6 Å². The Labute approximate surface area is 215 Å². The van der Waals surface area contributed by atoms with E-state index >= 15 is 0 Å². The van der Waals surface area contributed by atoms with E-state index in [1.807, 2.05) is 37.4 Å². The zero-order valence-corrected chi connectivity index (χ0v) is 21.5. The average molecular weight is 504 g/mol. The number of aromatic nitrogens is 4. The quantitative estimate of drug-likeness (QED) is 0.305. The molecule has 1 N–H and O–H groups in total. The molecule has 1 unspecified atom stereocenters. The van der Waals surface area contributed by atoms with E-state index in [2.05, 4.69) is 33.3 Å². The van der Waals surface area contributed by atoms with Crippen LogP contribution in [0.25, 0.3) is 22.3 Å². The van der Waals surface area contributed by atoms with E-state index in [1.54, 1.807) is 24.5 Å². The van der Waals surface area contributed by atoms with Gasteiger partial charge in [-0.2, -0.15) is 0 Å². The van der Waals surface area contributed by atoms with Crippen LogP contribution < -0.4 is 4.90 Å². The lowest BCUT2D eigenvalue weighted by atomic mass is 9.79. The Morgan fingerprint density at radius 3 is 2.50 bits per heavy atom. The molecule has 1 aliphatic carbocycles. The zero-order chi connectivity index (χ0) is 25.4. The number of pyridine rings is 2. The third kappa shape index (κ3) is 4.55. The molecule has 0 saturated heterocycles. The summed E-state index contributed by atoms with van der Waals surface area (Å²) < 4.78 is 2.25. The van der Waals surface area contributed by atoms with Gasteiger partial charge in [-0.25, -0.2) is 14.8 Å². The molecular formula is C28H30ClN5O2. The smallest absolute Gasteiger partial charge is 0.354 e. The average Bonchev–Trinajstić information content (AvgIpc) is 3.27. The first-order chi connectivity index (χ1) is 17.3. The topological polar surface area (TPSA) is 84.1 Å². The molecule has 1 aliphatic rings. The number of carbonyl (C=O) groups is 1. The number of halogens is 1. The van der Waals surface area contributed by atoms with Crippen LogP contribution in [0.2, 0.25) is 5.02 Å². The standard InChI is InChI=1S/C28H30ClN5O2/c1-17-9-11-19(12-10-17)18(2)34-26-23(32-28(34)33(3)22-7-5-4-6-8-22)14-24(27(35)36)31-25(26)20-13-21(29)16-30-15-20/h4-8,13-19H,9-12H2,1-3H3,(H,35,36). The summed E-state index contributed by atoms with van der Waals surface area (Å²) in [5, 5.41) is 10.3. The Balaban J connectivity index is 1.78. The van der Waals surface area contributed by atoms with Crippen molar-refractivity contribution in [1.82, 2.24) is 19.5 Å². The van der Waals surface area contributed by atoms with Crippen LogP contribution in [0.15, 0.2) is 54.9 Å². The SMILES string of the molecule is CC1CCC(C(C)n2c(N(C)c3ccccc3)nc3cc(C(=O)O)nc(-c4cncc(Cl)c4)c32)CC1. The van der Waals surface area contributed by atoms with Gasteiger partial charge < -0.3 is 14.6 Å². The lowest BCUT2D eigenvalue weighted by Gasteiger charge is -2.34. The van der Waals surface area contributed by atoms with Crippen LogP contribution in [0, 0.1) is 11.8 Å². The Morgan fingerprint density at radius 2 is 1.83 bits per heavy atom. The van der Waals surface area contributed by atoms with Gasteiger partial charge in [0, 0.05) is 36.7 Å². The van der Waals surface area contributed by atoms with Gasteiger partial charge in [-0.05, 0) is 55.9 Å². The molecule has 7 nitrogen and oxygen atoms in total. The maximum absolute atomic E-state index is 12.0. The molecule has 3 heterocycles. The number of rotatable bonds is 6. The second kappa shape index (κ2) is 9.90. The van der Waals surface area contributed by atoms with Crippen molar-refractivity contribution in [2.24, 2.45) is 11.8 Å². The van der Waals surface area contributed by atoms with Gasteiger partial charge in [-0.3, -0.25) is 4.98 Å². The summed E-state index contributed by atoms with van der Waals surface area (Å²) in [5.41, 5.74) is 3.51. The number of carboxylic acids is 1. The van der Waals surface area contributed by atoms with E-state index in [1.165, 1.54) is 12.8 Å². The third-order valence-corrected chi connectivity index (χ3v) is 7.65.